The third-order valence-electron chi connectivity index (χ3n) is 14.7. The maximum Gasteiger partial charge on any atom is 0.0540 e. The summed E-state index contributed by atoms with van der Waals surface area (Å²) in [5.74, 6) is 0.570. The lowest BCUT2D eigenvalue weighted by Crippen LogP contribution is -2.15. The molecule has 10 aromatic carbocycles. The largest absolute Gasteiger partial charge is 0.309 e. The van der Waals surface area contributed by atoms with Crippen molar-refractivity contribution in [3.63, 3.8) is 0 Å². The van der Waals surface area contributed by atoms with E-state index in [1.54, 1.807) is 0 Å². The van der Waals surface area contributed by atoms with E-state index in [2.05, 4.69) is 225 Å². The summed E-state index contributed by atoms with van der Waals surface area (Å²) in [5, 5.41) is 7.76. The Balaban J connectivity index is 1.12. The minimum Gasteiger partial charge on any atom is -0.309 e. The van der Waals surface area contributed by atoms with Gasteiger partial charge >= 0.3 is 0 Å². The van der Waals surface area contributed by atoms with E-state index in [1.807, 2.05) is 0 Å². The highest BCUT2D eigenvalue weighted by Gasteiger charge is 2.36. The van der Waals surface area contributed by atoms with E-state index in [9.17, 15) is 0 Å². The van der Waals surface area contributed by atoms with E-state index < -0.39 is 0 Å². The van der Waals surface area contributed by atoms with Gasteiger partial charge < -0.3 is 4.90 Å². The first-order valence-corrected chi connectivity index (χ1v) is 23.3. The van der Waals surface area contributed by atoms with Gasteiger partial charge in [0.25, 0.3) is 0 Å². The van der Waals surface area contributed by atoms with Crippen LogP contribution in [-0.2, 0) is 5.41 Å². The summed E-state index contributed by atoms with van der Waals surface area (Å²) in [6.45, 7) is 4.76. The average Bonchev–Trinajstić information content (AvgIpc) is 3.59. The van der Waals surface area contributed by atoms with Crippen molar-refractivity contribution in [2.45, 2.75) is 57.3 Å². The molecule has 0 N–H and O–H groups in total. The van der Waals surface area contributed by atoms with E-state index >= 15 is 0 Å². The standard InChI is InChI=1S/C63H51N/c1-63(2)57-33-12-8-26-52(57)53-40-38-45(41-58(53)63)47-25-9-13-34-59(47)64(60-35-14-10-27-54(60)50-31-18-30-49-46-24-7-6-21-43(46)37-39-51(49)50)61-36-15-11-28-55(61)56-32-17-23-44-22-16-29-48(62(44)56)42-19-4-3-5-20-42/h6-18,21-42H,3-5,19-20H2,1-2H3. The molecule has 1 nitrogen and oxygen atoms in total. The minimum atomic E-state index is -0.112. The zero-order valence-corrected chi connectivity index (χ0v) is 36.7. The number of fused-ring (bicyclic) bond motifs is 7. The number of rotatable bonds is 7. The molecular formula is C63H51N. The number of hydrogen-bond donors (Lipinski definition) is 0. The highest BCUT2D eigenvalue weighted by molar-refractivity contribution is 6.14. The third kappa shape index (κ3) is 6.21. The van der Waals surface area contributed by atoms with Crippen molar-refractivity contribution in [1.82, 2.24) is 0 Å². The number of para-hydroxylation sites is 3. The van der Waals surface area contributed by atoms with E-state index in [0.717, 1.165) is 17.1 Å². The molecule has 0 saturated heterocycles. The zero-order valence-electron chi connectivity index (χ0n) is 36.7. The predicted molar refractivity (Wildman–Crippen MR) is 273 cm³/mol. The molecule has 2 aliphatic rings. The molecule has 0 aliphatic heterocycles. The quantitative estimate of drug-likeness (QED) is 0.145. The van der Waals surface area contributed by atoms with E-state index in [-0.39, 0.29) is 5.41 Å². The van der Waals surface area contributed by atoms with Gasteiger partial charge in [-0.25, -0.2) is 0 Å². The van der Waals surface area contributed by atoms with Gasteiger partial charge in [-0.2, -0.15) is 0 Å². The average molecular weight is 822 g/mol. The highest BCUT2D eigenvalue weighted by Crippen LogP contribution is 2.53. The molecule has 0 spiro atoms. The van der Waals surface area contributed by atoms with Crippen molar-refractivity contribution in [3.05, 3.63) is 223 Å². The summed E-state index contributed by atoms with van der Waals surface area (Å²) in [6.07, 6.45) is 6.45. The van der Waals surface area contributed by atoms with Crippen molar-refractivity contribution in [2.75, 3.05) is 4.90 Å². The molecule has 12 rings (SSSR count). The second-order valence-corrected chi connectivity index (χ2v) is 18.6. The summed E-state index contributed by atoms with van der Waals surface area (Å²) in [6, 6.07) is 77.6. The fraction of sp³-hybridized carbons (Fsp3) is 0.143. The van der Waals surface area contributed by atoms with Crippen LogP contribution in [-0.4, -0.2) is 0 Å². The second-order valence-electron chi connectivity index (χ2n) is 18.6. The lowest BCUT2D eigenvalue weighted by Gasteiger charge is -2.32. The fourth-order valence-electron chi connectivity index (χ4n) is 11.6. The molecule has 10 aromatic rings. The number of hydrogen-bond acceptors (Lipinski definition) is 1. The van der Waals surface area contributed by atoms with Crippen LogP contribution in [0.3, 0.4) is 0 Å². The van der Waals surface area contributed by atoms with Gasteiger partial charge in [0.1, 0.15) is 0 Å². The monoisotopic (exact) mass is 821 g/mol. The smallest absolute Gasteiger partial charge is 0.0540 e. The van der Waals surface area contributed by atoms with Gasteiger partial charge in [0, 0.05) is 22.1 Å². The first-order chi connectivity index (χ1) is 31.5. The summed E-state index contributed by atoms with van der Waals surface area (Å²) >= 11 is 0. The topological polar surface area (TPSA) is 3.24 Å². The molecule has 64 heavy (non-hydrogen) atoms. The molecular weight excluding hydrogens is 771 g/mol. The van der Waals surface area contributed by atoms with Crippen LogP contribution in [0.4, 0.5) is 17.1 Å². The summed E-state index contributed by atoms with van der Waals surface area (Å²) in [5.41, 5.74) is 17.7. The normalized spacial score (nSPS) is 14.5. The summed E-state index contributed by atoms with van der Waals surface area (Å²) in [7, 11) is 0. The molecule has 0 unspecified atom stereocenters. The van der Waals surface area contributed by atoms with Crippen molar-refractivity contribution in [1.29, 1.82) is 0 Å². The van der Waals surface area contributed by atoms with Crippen molar-refractivity contribution in [2.24, 2.45) is 0 Å². The van der Waals surface area contributed by atoms with Gasteiger partial charge in [-0.1, -0.05) is 215 Å². The Kier molecular flexibility index (Phi) is 9.34. The van der Waals surface area contributed by atoms with Crippen LogP contribution in [0, 0.1) is 0 Å². The Morgan fingerprint density at radius 1 is 0.375 bits per heavy atom. The van der Waals surface area contributed by atoms with Gasteiger partial charge in [0.2, 0.25) is 0 Å². The van der Waals surface area contributed by atoms with Gasteiger partial charge in [-0.05, 0) is 120 Å². The van der Waals surface area contributed by atoms with Crippen LogP contribution in [0.25, 0.3) is 76.8 Å². The first-order valence-electron chi connectivity index (χ1n) is 23.3. The van der Waals surface area contributed by atoms with Gasteiger partial charge in [0.15, 0.2) is 0 Å². The first kappa shape index (κ1) is 38.5. The number of anilines is 3. The molecule has 0 radical (unpaired) electrons. The van der Waals surface area contributed by atoms with Crippen molar-refractivity contribution >= 4 is 49.4 Å². The zero-order chi connectivity index (χ0) is 42.8. The van der Waals surface area contributed by atoms with Crippen LogP contribution < -0.4 is 4.90 Å². The Bertz CT molecular complexity index is 3410. The summed E-state index contributed by atoms with van der Waals surface area (Å²) < 4.78 is 0. The van der Waals surface area contributed by atoms with Gasteiger partial charge in [-0.3, -0.25) is 0 Å². The number of nitrogens with zero attached hydrogens (tertiary/aromatic N) is 1. The molecule has 1 saturated carbocycles. The molecule has 308 valence electrons. The minimum absolute atomic E-state index is 0.112. The SMILES string of the molecule is CC1(C)c2ccccc2-c2ccc(-c3ccccc3N(c3ccccc3-c3cccc4c3ccc3ccccc34)c3ccccc3-c3cccc4cccc(C5CCCCC5)c34)cc21. The Morgan fingerprint density at radius 3 is 1.70 bits per heavy atom. The van der Waals surface area contributed by atoms with Crippen molar-refractivity contribution < 1.29 is 0 Å². The molecule has 0 heterocycles. The van der Waals surface area contributed by atoms with Crippen molar-refractivity contribution in [3.8, 4) is 44.5 Å². The maximum absolute atomic E-state index is 2.58. The molecule has 0 aromatic heterocycles. The van der Waals surface area contributed by atoms with Crippen LogP contribution in [0.15, 0.2) is 206 Å². The molecule has 0 bridgehead atoms. The van der Waals surface area contributed by atoms with E-state index in [1.165, 1.54) is 126 Å². The molecule has 0 atom stereocenters. The Morgan fingerprint density at radius 2 is 0.922 bits per heavy atom. The molecule has 1 heteroatoms. The Hall–Kier alpha value is -7.22. The fourth-order valence-corrected chi connectivity index (χ4v) is 11.6. The number of benzene rings is 10. The third-order valence-corrected chi connectivity index (χ3v) is 14.7. The second kappa shape index (κ2) is 15.5. The predicted octanol–water partition coefficient (Wildman–Crippen LogP) is 18.0. The summed E-state index contributed by atoms with van der Waals surface area (Å²) in [4.78, 5) is 2.58. The van der Waals surface area contributed by atoms with Gasteiger partial charge in [0.05, 0.1) is 17.1 Å². The lowest BCUT2D eigenvalue weighted by atomic mass is 9.80. The molecule has 2 aliphatic carbocycles. The van der Waals surface area contributed by atoms with E-state index in [0.29, 0.717) is 5.92 Å². The van der Waals surface area contributed by atoms with Crippen LogP contribution in [0.2, 0.25) is 0 Å². The van der Waals surface area contributed by atoms with Crippen LogP contribution >= 0.6 is 0 Å². The van der Waals surface area contributed by atoms with Crippen LogP contribution in [0.1, 0.15) is 68.6 Å². The Labute approximate surface area is 377 Å². The molecule has 1 fully saturated rings. The maximum atomic E-state index is 2.58. The van der Waals surface area contributed by atoms with Crippen LogP contribution in [0.5, 0.6) is 0 Å². The lowest BCUT2D eigenvalue weighted by molar-refractivity contribution is 0.445. The van der Waals surface area contributed by atoms with Gasteiger partial charge in [-0.15, -0.1) is 0 Å². The van der Waals surface area contributed by atoms with E-state index in [4.69, 9.17) is 0 Å². The highest BCUT2D eigenvalue weighted by atomic mass is 15.1. The molecule has 0 amide bonds.